The zero-order valence-corrected chi connectivity index (χ0v) is 23.1. The summed E-state index contributed by atoms with van der Waals surface area (Å²) in [6, 6.07) is 0.712. The molecule has 0 aromatic carbocycles. The molecule has 196 valence electrons. The standard InChI is InChI=1S/2C15H20ClNO/c1-8-11(16)7-10-12-4-2-3-9(14(18)17-12)13(8)15(10)5-6-15;1-8-11(16)7-10-9-3-2-4-12(17-14(9)18)13(8)15(10)5-6-15/h2*7-10,12-13H,2-6H2,1H3,(H,17,18)/t8-,9-,10+,12+,13-;8-,9+,10+,12-,13-/m11/s1. The van der Waals surface area contributed by atoms with Crippen molar-refractivity contribution in [1.82, 2.24) is 10.6 Å². The number of carbonyl (C=O) groups excluding carboxylic acids is 2. The molecule has 6 fully saturated rings. The molecule has 0 aromatic rings. The zero-order valence-electron chi connectivity index (χ0n) is 21.6. The van der Waals surface area contributed by atoms with Crippen LogP contribution in [0.4, 0.5) is 0 Å². The van der Waals surface area contributed by atoms with Gasteiger partial charge in [-0.1, -0.05) is 62.0 Å². The molecule has 4 saturated heterocycles. The third-order valence-electron chi connectivity index (χ3n) is 12.1. The minimum absolute atomic E-state index is 0.184. The Kier molecular flexibility index (Phi) is 5.51. The molecule has 2 spiro atoms. The Labute approximate surface area is 225 Å². The first-order valence-corrected chi connectivity index (χ1v) is 15.4. The van der Waals surface area contributed by atoms with E-state index in [4.69, 9.17) is 23.2 Å². The highest BCUT2D eigenvalue weighted by atomic mass is 35.5. The van der Waals surface area contributed by atoms with Gasteiger partial charge in [0, 0.05) is 39.9 Å². The minimum atomic E-state index is 0.184. The molecule has 2 amide bonds. The van der Waals surface area contributed by atoms with Crippen LogP contribution in [0.5, 0.6) is 0 Å². The van der Waals surface area contributed by atoms with Crippen LogP contribution < -0.4 is 10.6 Å². The summed E-state index contributed by atoms with van der Waals surface area (Å²) in [5, 5.41) is 8.65. The molecule has 8 aliphatic rings. The summed E-state index contributed by atoms with van der Waals surface area (Å²) in [6.07, 6.45) is 16.5. The van der Waals surface area contributed by atoms with Gasteiger partial charge in [-0.25, -0.2) is 0 Å². The number of amides is 2. The van der Waals surface area contributed by atoms with E-state index < -0.39 is 0 Å². The number of hydrogen-bond acceptors (Lipinski definition) is 2. The second kappa shape index (κ2) is 8.25. The van der Waals surface area contributed by atoms with E-state index >= 15 is 0 Å². The van der Waals surface area contributed by atoms with E-state index in [1.54, 1.807) is 0 Å². The third kappa shape index (κ3) is 3.31. The lowest BCUT2D eigenvalue weighted by Gasteiger charge is -2.44. The van der Waals surface area contributed by atoms with Gasteiger partial charge < -0.3 is 10.6 Å². The van der Waals surface area contributed by atoms with Gasteiger partial charge in [0.05, 0.1) is 0 Å². The molecule has 4 heterocycles. The second-order valence-electron chi connectivity index (χ2n) is 13.6. The Balaban J connectivity index is 0.000000122. The highest BCUT2D eigenvalue weighted by Gasteiger charge is 2.65. The predicted molar refractivity (Wildman–Crippen MR) is 142 cm³/mol. The van der Waals surface area contributed by atoms with Crippen LogP contribution in [0, 0.1) is 58.2 Å². The van der Waals surface area contributed by atoms with Gasteiger partial charge in [0.1, 0.15) is 0 Å². The first-order valence-electron chi connectivity index (χ1n) is 14.6. The Hall–Kier alpha value is -1.00. The minimum Gasteiger partial charge on any atom is -0.353 e. The molecule has 4 aliphatic carbocycles. The highest BCUT2D eigenvalue weighted by molar-refractivity contribution is 6.30. The fourth-order valence-corrected chi connectivity index (χ4v) is 10.8. The quantitative estimate of drug-likeness (QED) is 0.395. The topological polar surface area (TPSA) is 58.2 Å². The van der Waals surface area contributed by atoms with Gasteiger partial charge in [-0.2, -0.15) is 0 Å². The maximum Gasteiger partial charge on any atom is 0.223 e. The van der Waals surface area contributed by atoms with Crippen molar-refractivity contribution in [2.75, 3.05) is 0 Å². The van der Waals surface area contributed by atoms with Crippen LogP contribution in [0.3, 0.4) is 0 Å². The van der Waals surface area contributed by atoms with Crippen LogP contribution in [-0.2, 0) is 9.59 Å². The van der Waals surface area contributed by atoms with Gasteiger partial charge in [-0.15, -0.1) is 0 Å². The largest absolute Gasteiger partial charge is 0.353 e. The Bertz CT molecular complexity index is 1040. The van der Waals surface area contributed by atoms with Crippen LogP contribution in [0.2, 0.25) is 0 Å². The molecule has 10 atom stereocenters. The van der Waals surface area contributed by atoms with Crippen molar-refractivity contribution in [1.29, 1.82) is 0 Å². The van der Waals surface area contributed by atoms with E-state index in [2.05, 4.69) is 36.6 Å². The smallest absolute Gasteiger partial charge is 0.223 e. The number of carbonyl (C=O) groups is 2. The molecule has 8 bridgehead atoms. The van der Waals surface area contributed by atoms with Crippen molar-refractivity contribution in [2.45, 2.75) is 90.1 Å². The molecule has 0 aromatic heterocycles. The maximum atomic E-state index is 12.4. The Morgan fingerprint density at radius 2 is 1.19 bits per heavy atom. The number of nitrogens with one attached hydrogen (secondary N) is 2. The van der Waals surface area contributed by atoms with E-state index in [0.29, 0.717) is 70.2 Å². The first kappa shape index (κ1) is 24.1. The molecule has 36 heavy (non-hydrogen) atoms. The van der Waals surface area contributed by atoms with Crippen molar-refractivity contribution in [3.8, 4) is 0 Å². The molecule has 2 saturated carbocycles. The number of hydrogen-bond donors (Lipinski definition) is 2. The van der Waals surface area contributed by atoms with Crippen LogP contribution in [-0.4, -0.2) is 23.9 Å². The molecular weight excluding hydrogens is 491 g/mol. The highest BCUT2D eigenvalue weighted by Crippen LogP contribution is 2.69. The summed E-state index contributed by atoms with van der Waals surface area (Å²) in [5.74, 6) is 3.78. The summed E-state index contributed by atoms with van der Waals surface area (Å²) in [7, 11) is 0. The molecule has 8 rings (SSSR count). The molecular formula is C30H40Cl2N2O2. The van der Waals surface area contributed by atoms with E-state index in [-0.39, 0.29) is 11.8 Å². The predicted octanol–water partition coefficient (Wildman–Crippen LogP) is 6.14. The second-order valence-corrected chi connectivity index (χ2v) is 14.4. The Morgan fingerprint density at radius 3 is 1.86 bits per heavy atom. The molecule has 6 heteroatoms. The maximum absolute atomic E-state index is 12.4. The molecule has 0 radical (unpaired) electrons. The fraction of sp³-hybridized carbons (Fsp3) is 0.800. The van der Waals surface area contributed by atoms with Gasteiger partial charge >= 0.3 is 0 Å². The summed E-state index contributed by atoms with van der Waals surface area (Å²) in [4.78, 5) is 24.8. The summed E-state index contributed by atoms with van der Waals surface area (Å²) >= 11 is 13.0. The summed E-state index contributed by atoms with van der Waals surface area (Å²) in [5.41, 5.74) is 0.819. The van der Waals surface area contributed by atoms with Crippen LogP contribution in [0.15, 0.2) is 22.2 Å². The van der Waals surface area contributed by atoms with Crippen molar-refractivity contribution in [3.63, 3.8) is 0 Å². The van der Waals surface area contributed by atoms with Crippen molar-refractivity contribution < 1.29 is 9.59 Å². The van der Waals surface area contributed by atoms with Gasteiger partial charge in [0.2, 0.25) is 11.8 Å². The van der Waals surface area contributed by atoms with E-state index in [0.717, 1.165) is 35.7 Å². The van der Waals surface area contributed by atoms with Crippen LogP contribution in [0.25, 0.3) is 0 Å². The average Bonchev–Trinajstić information content (AvgIpc) is 3.74. The number of fused-ring (bicyclic) bond motifs is 10. The average molecular weight is 532 g/mol. The Morgan fingerprint density at radius 1 is 0.694 bits per heavy atom. The fourth-order valence-electron chi connectivity index (χ4n) is 10.2. The van der Waals surface area contributed by atoms with Gasteiger partial charge in [0.25, 0.3) is 0 Å². The van der Waals surface area contributed by atoms with Crippen LogP contribution >= 0.6 is 23.2 Å². The lowest BCUT2D eigenvalue weighted by Crippen LogP contribution is -2.45. The van der Waals surface area contributed by atoms with Crippen molar-refractivity contribution in [2.24, 2.45) is 58.2 Å². The van der Waals surface area contributed by atoms with E-state index in [1.807, 2.05) is 0 Å². The van der Waals surface area contributed by atoms with Crippen molar-refractivity contribution in [3.05, 3.63) is 22.2 Å². The normalized spacial score (nSPS) is 48.2. The third-order valence-corrected chi connectivity index (χ3v) is 13.0. The van der Waals surface area contributed by atoms with Crippen LogP contribution in [0.1, 0.15) is 78.1 Å². The first-order chi connectivity index (χ1) is 17.3. The summed E-state index contributed by atoms with van der Waals surface area (Å²) in [6.45, 7) is 4.48. The van der Waals surface area contributed by atoms with Gasteiger partial charge in [-0.05, 0) is 91.8 Å². The molecule has 0 unspecified atom stereocenters. The van der Waals surface area contributed by atoms with Gasteiger partial charge in [-0.3, -0.25) is 9.59 Å². The van der Waals surface area contributed by atoms with Gasteiger partial charge in [0.15, 0.2) is 0 Å². The molecule has 4 nitrogen and oxygen atoms in total. The zero-order chi connectivity index (χ0) is 25.0. The number of allylic oxidation sites excluding steroid dienone is 3. The number of halogens is 2. The molecule has 4 aliphatic heterocycles. The van der Waals surface area contributed by atoms with Crippen molar-refractivity contribution >= 4 is 35.0 Å². The van der Waals surface area contributed by atoms with E-state index in [1.165, 1.54) is 38.5 Å². The monoisotopic (exact) mass is 530 g/mol. The lowest BCUT2D eigenvalue weighted by molar-refractivity contribution is -0.127. The SMILES string of the molecule is C[C@@H]1C(Cl)=C[C@H]2[C@@H]3CCC[C@@H](C(=O)N3)[C@@H]1C21CC1.C[C@@H]1C(Cl)=C[C@H]2[C@@H]3CCC[C@@H](NC3=O)[C@@H]1C21CC1. The molecule has 2 N–H and O–H groups in total. The van der Waals surface area contributed by atoms with E-state index in [9.17, 15) is 9.59 Å². The lowest BCUT2D eigenvalue weighted by atomic mass is 9.60. The number of rotatable bonds is 0. The summed E-state index contributed by atoms with van der Waals surface area (Å²) < 4.78 is 0.